The van der Waals surface area contributed by atoms with Crippen molar-refractivity contribution in [2.45, 2.75) is 6.42 Å². The molecule has 3 N–H and O–H groups in total. The van der Waals surface area contributed by atoms with Gasteiger partial charge >= 0.3 is 0 Å². The summed E-state index contributed by atoms with van der Waals surface area (Å²) in [5, 5.41) is 15.5. The van der Waals surface area contributed by atoms with Crippen molar-refractivity contribution in [3.05, 3.63) is 12.7 Å². The average Bonchev–Trinajstić information content (AvgIpc) is 1.91. The number of hydrogen-bond donors (Lipinski definition) is 2. The van der Waals surface area contributed by atoms with Crippen molar-refractivity contribution in [3.63, 3.8) is 0 Å². The zero-order valence-electron chi connectivity index (χ0n) is 5.58. The number of nitrogens with two attached hydrogens (primary N) is 1. The molecular weight excluding hydrogens is 132 g/mol. The van der Waals surface area contributed by atoms with Gasteiger partial charge in [-0.3, -0.25) is 4.79 Å². The fourth-order valence-corrected chi connectivity index (χ4v) is 0.0500. The third-order valence-corrected chi connectivity index (χ3v) is 0.425. The number of carbonyl (C=O) groups excluding carboxylic acids is 1. The first-order valence-electron chi connectivity index (χ1n) is 2.58. The summed E-state index contributed by atoms with van der Waals surface area (Å²) in [4.78, 5) is 9.47. The number of carbonyl (C=O) groups is 1. The maximum absolute atomic E-state index is 9.47. The largest absolute Gasteiger partial charge is 0.395 e. The van der Waals surface area contributed by atoms with Gasteiger partial charge in [-0.2, -0.15) is 5.26 Å². The van der Waals surface area contributed by atoms with Crippen LogP contribution in [-0.4, -0.2) is 17.6 Å². The molecule has 56 valence electrons. The van der Waals surface area contributed by atoms with Crippen molar-refractivity contribution in [1.29, 1.82) is 5.26 Å². The van der Waals surface area contributed by atoms with Crippen LogP contribution in [0.25, 0.3) is 0 Å². The minimum absolute atomic E-state index is 0.0174. The number of rotatable bonds is 2. The zero-order valence-corrected chi connectivity index (χ0v) is 5.58. The molecule has 0 heterocycles. The Kier molecular flexibility index (Phi) is 12.1. The lowest BCUT2D eigenvalue weighted by Crippen LogP contribution is -2.04. The third kappa shape index (κ3) is 30.2. The van der Waals surface area contributed by atoms with Crippen LogP contribution in [0.2, 0.25) is 0 Å². The summed E-state index contributed by atoms with van der Waals surface area (Å²) < 4.78 is 0. The van der Waals surface area contributed by atoms with Gasteiger partial charge in [0.2, 0.25) is 5.91 Å². The van der Waals surface area contributed by atoms with Gasteiger partial charge in [-0.25, -0.2) is 0 Å². The zero-order chi connectivity index (χ0) is 8.41. The molecule has 0 aliphatic carbocycles. The van der Waals surface area contributed by atoms with Crippen LogP contribution in [0.15, 0.2) is 12.7 Å². The molecule has 0 aliphatic heterocycles. The molecule has 4 nitrogen and oxygen atoms in total. The smallest absolute Gasteiger partial charge is 0.240 e. The molecular formula is C6H10N2O2. The molecule has 0 unspecified atom stereocenters. The molecule has 4 heteroatoms. The van der Waals surface area contributed by atoms with Gasteiger partial charge in [-0.05, 0) is 6.08 Å². The lowest BCUT2D eigenvalue weighted by atomic mass is 10.5. The van der Waals surface area contributed by atoms with Crippen LogP contribution in [-0.2, 0) is 4.79 Å². The lowest BCUT2D eigenvalue weighted by molar-refractivity contribution is -0.113. The van der Waals surface area contributed by atoms with Crippen molar-refractivity contribution < 1.29 is 9.90 Å². The maximum atomic E-state index is 9.47. The van der Waals surface area contributed by atoms with E-state index in [0.717, 1.165) is 6.08 Å². The van der Waals surface area contributed by atoms with Crippen LogP contribution >= 0.6 is 0 Å². The number of aliphatic hydroxyl groups is 1. The Morgan fingerprint density at radius 1 is 1.90 bits per heavy atom. The fraction of sp³-hybridized carbons (Fsp3) is 0.333. The summed E-state index contributed by atoms with van der Waals surface area (Å²) in [5.41, 5.74) is 4.53. The van der Waals surface area contributed by atoms with Crippen LogP contribution in [0.5, 0.6) is 0 Å². The van der Waals surface area contributed by atoms with E-state index in [1.807, 2.05) is 0 Å². The van der Waals surface area contributed by atoms with Crippen molar-refractivity contribution in [1.82, 2.24) is 0 Å². The van der Waals surface area contributed by atoms with Crippen molar-refractivity contribution in [2.75, 3.05) is 6.61 Å². The van der Waals surface area contributed by atoms with Gasteiger partial charge in [0.25, 0.3) is 0 Å². The fourth-order valence-electron chi connectivity index (χ4n) is 0.0500. The number of primary amides is 1. The first-order chi connectivity index (χ1) is 4.68. The summed E-state index contributed by atoms with van der Waals surface area (Å²) in [7, 11) is 0. The Hall–Kier alpha value is -1.34. The van der Waals surface area contributed by atoms with Gasteiger partial charge in [0.05, 0.1) is 19.1 Å². The van der Waals surface area contributed by atoms with E-state index in [2.05, 4.69) is 12.3 Å². The second kappa shape index (κ2) is 10.6. The normalized spacial score (nSPS) is 6.40. The predicted octanol–water partition coefficient (Wildman–Crippen LogP) is -0.450. The molecule has 1 amide bonds. The molecule has 0 saturated heterocycles. The molecule has 0 aliphatic rings. The molecule has 10 heavy (non-hydrogen) atoms. The summed E-state index contributed by atoms with van der Waals surface area (Å²) in [6.07, 6.45) is 1.31. The van der Waals surface area contributed by atoms with Crippen LogP contribution in [0.3, 0.4) is 0 Å². The van der Waals surface area contributed by atoms with Gasteiger partial charge in [-0.1, -0.05) is 6.58 Å². The molecule has 0 fully saturated rings. The van der Waals surface area contributed by atoms with Gasteiger partial charge in [0.15, 0.2) is 0 Å². The SMILES string of the molecule is C=CC(N)=O.N#CCCO. The molecule has 0 aromatic heterocycles. The number of nitriles is 1. The molecule has 0 rings (SSSR count). The van der Waals surface area contributed by atoms with E-state index in [0.29, 0.717) is 0 Å². The van der Waals surface area contributed by atoms with E-state index in [-0.39, 0.29) is 13.0 Å². The Balaban J connectivity index is 0. The Morgan fingerprint density at radius 3 is 2.30 bits per heavy atom. The van der Waals surface area contributed by atoms with Gasteiger partial charge < -0.3 is 10.8 Å². The molecule has 0 bridgehead atoms. The molecule has 0 atom stereocenters. The highest BCUT2D eigenvalue weighted by Crippen LogP contribution is 1.62. The van der Waals surface area contributed by atoms with Crippen molar-refractivity contribution >= 4 is 5.91 Å². The number of amides is 1. The van der Waals surface area contributed by atoms with E-state index >= 15 is 0 Å². The summed E-state index contributed by atoms with van der Waals surface area (Å²) in [6.45, 7) is 3.07. The molecule has 0 aromatic rings. The number of aliphatic hydroxyl groups excluding tert-OH is 1. The highest BCUT2D eigenvalue weighted by atomic mass is 16.2. The Bertz CT molecular complexity index is 137. The van der Waals surface area contributed by atoms with E-state index in [1.165, 1.54) is 0 Å². The third-order valence-electron chi connectivity index (χ3n) is 0.425. The molecule has 0 saturated carbocycles. The number of hydrogen-bond acceptors (Lipinski definition) is 3. The van der Waals surface area contributed by atoms with E-state index < -0.39 is 5.91 Å². The molecule has 0 aromatic carbocycles. The van der Waals surface area contributed by atoms with Crippen LogP contribution in [0, 0.1) is 11.3 Å². The van der Waals surface area contributed by atoms with Crippen LogP contribution < -0.4 is 5.73 Å². The Morgan fingerprint density at radius 2 is 2.30 bits per heavy atom. The first-order valence-corrected chi connectivity index (χ1v) is 2.58. The van der Waals surface area contributed by atoms with Crippen molar-refractivity contribution in [2.24, 2.45) is 5.73 Å². The second-order valence-corrected chi connectivity index (χ2v) is 1.24. The predicted molar refractivity (Wildman–Crippen MR) is 36.7 cm³/mol. The second-order valence-electron chi connectivity index (χ2n) is 1.24. The summed E-state index contributed by atoms with van der Waals surface area (Å²) in [5.74, 6) is -0.481. The topological polar surface area (TPSA) is 87.1 Å². The number of nitrogens with zero attached hydrogens (tertiary/aromatic N) is 1. The van der Waals surface area contributed by atoms with E-state index in [9.17, 15) is 4.79 Å². The average molecular weight is 142 g/mol. The molecule has 0 spiro atoms. The maximum Gasteiger partial charge on any atom is 0.240 e. The van der Waals surface area contributed by atoms with E-state index in [1.54, 1.807) is 6.07 Å². The van der Waals surface area contributed by atoms with E-state index in [4.69, 9.17) is 10.4 Å². The van der Waals surface area contributed by atoms with Crippen LogP contribution in [0.1, 0.15) is 6.42 Å². The minimum Gasteiger partial charge on any atom is -0.395 e. The van der Waals surface area contributed by atoms with Gasteiger partial charge in [0.1, 0.15) is 0 Å². The minimum atomic E-state index is -0.481. The quantitative estimate of drug-likeness (QED) is 0.512. The summed E-state index contributed by atoms with van der Waals surface area (Å²) >= 11 is 0. The Labute approximate surface area is 59.6 Å². The van der Waals surface area contributed by atoms with Gasteiger partial charge in [-0.15, -0.1) is 0 Å². The van der Waals surface area contributed by atoms with Gasteiger partial charge in [0, 0.05) is 0 Å². The summed E-state index contributed by atoms with van der Waals surface area (Å²) in [6, 6.07) is 1.77. The monoisotopic (exact) mass is 142 g/mol. The highest BCUT2D eigenvalue weighted by molar-refractivity contribution is 5.84. The molecule has 0 radical (unpaired) electrons. The standard InChI is InChI=1S/2C3H5NO/c1-2-3(4)5;4-2-1-3-5/h2H,1H2,(H2,4,5);5H,1,3H2. The highest BCUT2D eigenvalue weighted by Gasteiger charge is 1.69. The van der Waals surface area contributed by atoms with Crippen molar-refractivity contribution in [3.8, 4) is 6.07 Å². The van der Waals surface area contributed by atoms with Crippen LogP contribution in [0.4, 0.5) is 0 Å². The first kappa shape index (κ1) is 11.5. The lowest BCUT2D eigenvalue weighted by Gasteiger charge is -1.67.